The van der Waals surface area contributed by atoms with E-state index < -0.39 is 0 Å². The Bertz CT molecular complexity index is 1890. The lowest BCUT2D eigenvalue weighted by atomic mass is 10.2. The van der Waals surface area contributed by atoms with Gasteiger partial charge < -0.3 is 20.8 Å². The van der Waals surface area contributed by atoms with Crippen LogP contribution in [0.25, 0.3) is 32.0 Å². The number of aromatic nitrogens is 6. The maximum absolute atomic E-state index is 8.84. The van der Waals surface area contributed by atoms with E-state index in [-0.39, 0.29) is 13.2 Å². The predicted molar refractivity (Wildman–Crippen MR) is 173 cm³/mol. The molecule has 0 saturated carbocycles. The molecule has 0 saturated heterocycles. The van der Waals surface area contributed by atoms with E-state index in [2.05, 4.69) is 64.2 Å². The summed E-state index contributed by atoms with van der Waals surface area (Å²) in [6.45, 7) is 4.57. The second kappa shape index (κ2) is 13.5. The van der Waals surface area contributed by atoms with Crippen LogP contribution in [0.15, 0.2) is 24.5 Å². The second-order valence-corrected chi connectivity index (χ2v) is 12.1. The molecule has 4 N–H and O–H groups in total. The summed E-state index contributed by atoms with van der Waals surface area (Å²) in [5.41, 5.74) is 5.87. The van der Waals surface area contributed by atoms with Crippen molar-refractivity contribution < 1.29 is 10.2 Å². The van der Waals surface area contributed by atoms with Crippen molar-refractivity contribution in [2.24, 2.45) is 0 Å². The minimum absolute atomic E-state index is 0.184. The van der Waals surface area contributed by atoms with Crippen LogP contribution in [-0.2, 0) is 6.42 Å². The van der Waals surface area contributed by atoms with E-state index in [0.717, 1.165) is 85.6 Å². The van der Waals surface area contributed by atoms with Crippen LogP contribution in [0.3, 0.4) is 0 Å². The van der Waals surface area contributed by atoms with Crippen molar-refractivity contribution in [2.45, 2.75) is 52.4 Å². The number of fused-ring (bicyclic) bond motifs is 6. The van der Waals surface area contributed by atoms with Crippen molar-refractivity contribution in [3.63, 3.8) is 0 Å². The molecule has 6 heterocycles. The van der Waals surface area contributed by atoms with Crippen molar-refractivity contribution in [2.75, 3.05) is 37.9 Å². The van der Waals surface area contributed by atoms with Crippen LogP contribution in [0.2, 0.25) is 0 Å². The Morgan fingerprint density at radius 3 is 1.98 bits per heavy atom. The topological polar surface area (TPSA) is 125 Å². The summed E-state index contributed by atoms with van der Waals surface area (Å²) in [7, 11) is 3.72. The van der Waals surface area contributed by atoms with E-state index in [9.17, 15) is 0 Å². The Morgan fingerprint density at radius 1 is 0.786 bits per heavy atom. The first-order chi connectivity index (χ1) is 20.5. The van der Waals surface area contributed by atoms with E-state index >= 15 is 0 Å². The molecule has 0 atom stereocenters. The molecule has 6 aromatic heterocycles. The van der Waals surface area contributed by atoms with Gasteiger partial charge in [-0.3, -0.25) is 8.80 Å². The van der Waals surface area contributed by atoms with E-state index in [1.54, 1.807) is 22.7 Å². The van der Waals surface area contributed by atoms with Gasteiger partial charge in [0.2, 0.25) is 0 Å². The Morgan fingerprint density at radius 2 is 1.38 bits per heavy atom. The summed E-state index contributed by atoms with van der Waals surface area (Å²) in [5, 5.41) is 23.8. The molecular formula is C30H36N8O2S2. The van der Waals surface area contributed by atoms with Crippen molar-refractivity contribution in [1.82, 2.24) is 28.7 Å². The molecule has 220 valence electrons. The molecule has 6 rings (SSSR count). The Labute approximate surface area is 252 Å². The smallest absolute Gasteiger partial charge is 0.181 e. The first kappa shape index (κ1) is 29.7. The second-order valence-electron chi connectivity index (χ2n) is 9.91. The number of thiophene rings is 2. The third-order valence-electron chi connectivity index (χ3n) is 6.84. The molecule has 12 heteroatoms. The van der Waals surface area contributed by atoms with E-state index in [1.807, 2.05) is 39.5 Å². The number of imidazole rings is 2. The molecule has 6 aromatic rings. The Hall–Kier alpha value is -3.76. The number of rotatable bonds is 9. The molecule has 0 aliphatic carbocycles. The van der Waals surface area contributed by atoms with Crippen molar-refractivity contribution in [1.29, 1.82) is 0 Å². The largest absolute Gasteiger partial charge is 0.396 e. The summed E-state index contributed by atoms with van der Waals surface area (Å²) < 4.78 is 4.29. The van der Waals surface area contributed by atoms with Crippen molar-refractivity contribution in [3.05, 3.63) is 45.7 Å². The lowest BCUT2D eigenvalue weighted by molar-refractivity contribution is 0.283. The highest BCUT2D eigenvalue weighted by Gasteiger charge is 2.15. The van der Waals surface area contributed by atoms with Crippen LogP contribution < -0.4 is 10.6 Å². The molecule has 0 spiro atoms. The van der Waals surface area contributed by atoms with Crippen LogP contribution in [-0.4, -0.2) is 66.3 Å². The van der Waals surface area contributed by atoms with Crippen LogP contribution >= 0.6 is 22.7 Å². The van der Waals surface area contributed by atoms with Gasteiger partial charge in [-0.2, -0.15) is 0 Å². The van der Waals surface area contributed by atoms with Gasteiger partial charge in [0.05, 0.1) is 4.88 Å². The average molecular weight is 605 g/mol. The summed E-state index contributed by atoms with van der Waals surface area (Å²) in [4.78, 5) is 22.7. The van der Waals surface area contributed by atoms with Gasteiger partial charge in [-0.25, -0.2) is 19.9 Å². The fourth-order valence-corrected chi connectivity index (χ4v) is 6.99. The number of nitrogens with zero attached hydrogens (tertiary/aromatic N) is 6. The summed E-state index contributed by atoms with van der Waals surface area (Å²) in [5.74, 6) is 7.82. The van der Waals surface area contributed by atoms with Crippen LogP contribution in [0.5, 0.6) is 0 Å². The minimum Gasteiger partial charge on any atom is -0.396 e. The lowest BCUT2D eigenvalue weighted by Crippen LogP contribution is -1.98. The van der Waals surface area contributed by atoms with Crippen molar-refractivity contribution in [3.8, 4) is 11.8 Å². The zero-order valence-electron chi connectivity index (χ0n) is 24.4. The standard InChI is InChI=1S/C15H20N4OS.C15H16N4OS/c2*1-10-9-17-14-13(16-2)18-12-8-11(6-4-3-5-7-20)21-15(12)19(10)14/h8-9,20H,3-7H2,1-2H3,(H,16,18);8-9,20H,3,5,7H2,1-2H3,(H,16,18). The highest BCUT2D eigenvalue weighted by Crippen LogP contribution is 2.31. The number of anilines is 2. The van der Waals surface area contributed by atoms with Crippen LogP contribution in [0.1, 0.15) is 53.2 Å². The molecule has 10 nitrogen and oxygen atoms in total. The van der Waals surface area contributed by atoms with Gasteiger partial charge in [-0.05, 0) is 51.7 Å². The van der Waals surface area contributed by atoms with Gasteiger partial charge in [0.25, 0.3) is 0 Å². The van der Waals surface area contributed by atoms with Crippen LogP contribution in [0.4, 0.5) is 11.6 Å². The number of aliphatic hydroxyl groups excluding tert-OH is 2. The predicted octanol–water partition coefficient (Wildman–Crippen LogP) is 5.42. The zero-order valence-corrected chi connectivity index (χ0v) is 26.0. The molecular weight excluding hydrogens is 569 g/mol. The highest BCUT2D eigenvalue weighted by molar-refractivity contribution is 7.19. The van der Waals surface area contributed by atoms with E-state index in [0.29, 0.717) is 12.8 Å². The third-order valence-corrected chi connectivity index (χ3v) is 9.03. The molecule has 0 unspecified atom stereocenters. The fraction of sp³-hybridized carbons (Fsp3) is 0.400. The molecule has 42 heavy (non-hydrogen) atoms. The number of hydrogen-bond donors (Lipinski definition) is 4. The maximum atomic E-state index is 8.84. The molecule has 0 aliphatic rings. The normalized spacial score (nSPS) is 11.2. The Balaban J connectivity index is 0.000000168. The molecule has 0 bridgehead atoms. The van der Waals surface area contributed by atoms with E-state index in [4.69, 9.17) is 10.2 Å². The quantitative estimate of drug-likeness (QED) is 0.127. The highest BCUT2D eigenvalue weighted by atomic mass is 32.1. The van der Waals surface area contributed by atoms with Gasteiger partial charge in [0.1, 0.15) is 20.7 Å². The summed E-state index contributed by atoms with van der Waals surface area (Å²) >= 11 is 3.41. The molecule has 0 fully saturated rings. The number of aryl methyl sites for hydroxylation is 3. The van der Waals surface area contributed by atoms with Gasteiger partial charge in [-0.15, -0.1) is 22.7 Å². The minimum atomic E-state index is 0.184. The first-order valence-electron chi connectivity index (χ1n) is 14.1. The monoisotopic (exact) mass is 604 g/mol. The Kier molecular flexibility index (Phi) is 9.54. The number of nitrogens with one attached hydrogen (secondary N) is 2. The molecule has 0 radical (unpaired) electrons. The first-order valence-corrected chi connectivity index (χ1v) is 15.7. The zero-order chi connectivity index (χ0) is 29.6. The van der Waals surface area contributed by atoms with Gasteiger partial charge >= 0.3 is 0 Å². The van der Waals surface area contributed by atoms with Gasteiger partial charge in [0, 0.05) is 62.4 Å². The summed E-state index contributed by atoms with van der Waals surface area (Å²) in [6.07, 6.45) is 9.27. The van der Waals surface area contributed by atoms with Crippen LogP contribution in [0, 0.1) is 25.7 Å². The number of aliphatic hydroxyl groups is 2. The average Bonchev–Trinajstić information content (AvgIpc) is 3.78. The van der Waals surface area contributed by atoms with Crippen molar-refractivity contribution >= 4 is 66.3 Å². The van der Waals surface area contributed by atoms with Gasteiger partial charge in [-0.1, -0.05) is 18.3 Å². The molecule has 0 aromatic carbocycles. The number of hydrogen-bond acceptors (Lipinski definition) is 10. The van der Waals surface area contributed by atoms with E-state index in [1.165, 1.54) is 4.88 Å². The molecule has 0 aliphatic heterocycles. The maximum Gasteiger partial charge on any atom is 0.181 e. The SMILES string of the molecule is CNc1nc2cc(C#CCCCO)sc2n2c(C)cnc12.CNc1nc2cc(CCCCCO)sc2n2c(C)cnc12. The van der Waals surface area contributed by atoms with Gasteiger partial charge in [0.15, 0.2) is 22.9 Å². The summed E-state index contributed by atoms with van der Waals surface area (Å²) in [6, 6.07) is 4.18. The molecule has 0 amide bonds. The fourth-order valence-electron chi connectivity index (χ4n) is 4.76. The number of unbranched alkanes of at least 4 members (excludes halogenated alkanes) is 3. The third kappa shape index (κ3) is 6.05. The lowest BCUT2D eigenvalue weighted by Gasteiger charge is -2.04.